The fourth-order valence-electron chi connectivity index (χ4n) is 5.37. The Hall–Kier alpha value is -4.03. The molecule has 0 amide bonds. The minimum Gasteiger partial charge on any atom is -0.435 e. The summed E-state index contributed by atoms with van der Waals surface area (Å²) in [6, 6.07) is 30.1. The number of nitrogens with zero attached hydrogens (tertiary/aromatic N) is 4. The molecule has 1 fully saturated rings. The number of aromatic nitrogens is 2. The number of piperazine rings is 1. The summed E-state index contributed by atoms with van der Waals surface area (Å²) in [5.74, 6) is 0.795. The Balaban J connectivity index is 0.000000854. The highest BCUT2D eigenvalue weighted by Crippen LogP contribution is 2.30. The minimum absolute atomic E-state index is 0.0600. The van der Waals surface area contributed by atoms with Gasteiger partial charge in [0.2, 0.25) is 0 Å². The van der Waals surface area contributed by atoms with Crippen molar-refractivity contribution in [3.63, 3.8) is 0 Å². The topological polar surface area (TPSA) is 114 Å². The fourth-order valence-corrected chi connectivity index (χ4v) is 5.37. The zero-order valence-corrected chi connectivity index (χ0v) is 27.1. The molecule has 3 aromatic carbocycles. The molecule has 1 aliphatic rings. The molecule has 5 rings (SSSR count). The number of aryl methyl sites for hydroxylation is 1. The fraction of sp³-hybridized carbons (Fsp3) is 0.353. The van der Waals surface area contributed by atoms with Crippen molar-refractivity contribution in [1.82, 2.24) is 19.4 Å². The third-order valence-corrected chi connectivity index (χ3v) is 7.58. The van der Waals surface area contributed by atoms with Crippen LogP contribution >= 0.6 is 0 Å². The van der Waals surface area contributed by atoms with Gasteiger partial charge in [0.15, 0.2) is 6.73 Å². The standard InChI is InChI=1S/C33H38N4O3.CH4O3S/c1-4-39-33(38)40-24-37-26(3)30(34-32(37)29-17-15-25(2)16-18-29)23-35-19-21-36(22-20-35)31(27-11-7-5-8-12-27)28-13-9-6-10-14-28;1-5(2,3)4/h5-18,31H,4,19-24H2,1-3H3;1H3,(H,2,3,4). The summed E-state index contributed by atoms with van der Waals surface area (Å²) in [6.07, 6.45) is 0.0435. The number of rotatable bonds is 9. The summed E-state index contributed by atoms with van der Waals surface area (Å²) >= 11 is 0. The molecular formula is C34H42N4O6S. The summed E-state index contributed by atoms with van der Waals surface area (Å²) < 4.78 is 38.2. The van der Waals surface area contributed by atoms with E-state index in [9.17, 15) is 13.2 Å². The lowest BCUT2D eigenvalue weighted by Crippen LogP contribution is -2.47. The maximum atomic E-state index is 11.9. The minimum atomic E-state index is -3.67. The van der Waals surface area contributed by atoms with Crippen LogP contribution in [-0.4, -0.2) is 77.5 Å². The molecular weight excluding hydrogens is 592 g/mol. The summed E-state index contributed by atoms with van der Waals surface area (Å²) in [4.78, 5) is 22.0. The lowest BCUT2D eigenvalue weighted by Gasteiger charge is -2.39. The predicted octanol–water partition coefficient (Wildman–Crippen LogP) is 5.71. The van der Waals surface area contributed by atoms with Crippen LogP contribution in [-0.2, 0) is 32.9 Å². The van der Waals surface area contributed by atoms with E-state index in [1.807, 2.05) is 11.5 Å². The van der Waals surface area contributed by atoms with Crippen LogP contribution in [0.3, 0.4) is 0 Å². The summed E-state index contributed by atoms with van der Waals surface area (Å²) in [5, 5.41) is 0. The molecule has 0 spiro atoms. The van der Waals surface area contributed by atoms with Gasteiger partial charge in [-0.25, -0.2) is 9.78 Å². The molecule has 1 aliphatic heterocycles. The Morgan fingerprint density at radius 1 is 0.867 bits per heavy atom. The van der Waals surface area contributed by atoms with Gasteiger partial charge in [0.1, 0.15) is 5.82 Å². The van der Waals surface area contributed by atoms with E-state index in [2.05, 4.69) is 102 Å². The van der Waals surface area contributed by atoms with Gasteiger partial charge in [-0.2, -0.15) is 8.42 Å². The maximum Gasteiger partial charge on any atom is 0.510 e. The molecule has 0 unspecified atom stereocenters. The molecule has 4 aromatic rings. The van der Waals surface area contributed by atoms with Crippen LogP contribution < -0.4 is 0 Å². The molecule has 2 heterocycles. The molecule has 0 saturated carbocycles. The van der Waals surface area contributed by atoms with E-state index in [0.717, 1.165) is 55.5 Å². The van der Waals surface area contributed by atoms with Gasteiger partial charge in [-0.15, -0.1) is 0 Å². The Bertz CT molecular complexity index is 1570. The van der Waals surface area contributed by atoms with Crippen LogP contribution in [0.5, 0.6) is 0 Å². The van der Waals surface area contributed by atoms with Gasteiger partial charge >= 0.3 is 6.16 Å². The largest absolute Gasteiger partial charge is 0.510 e. The molecule has 10 nitrogen and oxygen atoms in total. The number of hydrogen-bond donors (Lipinski definition) is 1. The quantitative estimate of drug-likeness (QED) is 0.183. The number of carbonyl (C=O) groups is 1. The normalized spacial score (nSPS) is 14.1. The van der Waals surface area contributed by atoms with E-state index in [0.29, 0.717) is 6.26 Å². The van der Waals surface area contributed by atoms with Crippen molar-refractivity contribution in [3.8, 4) is 11.4 Å². The van der Waals surface area contributed by atoms with Gasteiger partial charge in [0.25, 0.3) is 10.1 Å². The SMILES string of the molecule is CCOC(=O)OCn1c(-c2ccc(C)cc2)nc(CN2CCN(C(c3ccccc3)c3ccccc3)CC2)c1C.CS(=O)(=O)O. The summed E-state index contributed by atoms with van der Waals surface area (Å²) in [5.41, 5.74) is 6.81. The van der Waals surface area contributed by atoms with Crippen molar-refractivity contribution in [2.45, 2.75) is 40.1 Å². The van der Waals surface area contributed by atoms with Gasteiger partial charge in [0, 0.05) is 44.0 Å². The predicted molar refractivity (Wildman–Crippen MR) is 174 cm³/mol. The van der Waals surface area contributed by atoms with Crippen LogP contribution in [0.1, 0.15) is 41.0 Å². The molecule has 240 valence electrons. The van der Waals surface area contributed by atoms with Gasteiger partial charge in [-0.1, -0.05) is 90.5 Å². The second-order valence-corrected chi connectivity index (χ2v) is 12.5. The highest BCUT2D eigenvalue weighted by molar-refractivity contribution is 7.85. The average molecular weight is 635 g/mol. The number of imidazole rings is 1. The Kier molecular flexibility index (Phi) is 11.9. The Morgan fingerprint density at radius 2 is 1.40 bits per heavy atom. The molecule has 1 aromatic heterocycles. The number of carbonyl (C=O) groups excluding carboxylic acids is 1. The van der Waals surface area contributed by atoms with Crippen LogP contribution in [0.2, 0.25) is 0 Å². The van der Waals surface area contributed by atoms with Gasteiger partial charge in [-0.3, -0.25) is 18.9 Å². The van der Waals surface area contributed by atoms with Crippen molar-refractivity contribution < 1.29 is 27.2 Å². The number of hydrogen-bond acceptors (Lipinski definition) is 8. The molecule has 1 saturated heterocycles. The first-order valence-electron chi connectivity index (χ1n) is 14.9. The van der Waals surface area contributed by atoms with Crippen LogP contribution in [0, 0.1) is 13.8 Å². The zero-order valence-electron chi connectivity index (χ0n) is 26.3. The van der Waals surface area contributed by atoms with Crippen molar-refractivity contribution in [2.24, 2.45) is 0 Å². The van der Waals surface area contributed by atoms with Crippen molar-refractivity contribution in [2.75, 3.05) is 39.0 Å². The molecule has 45 heavy (non-hydrogen) atoms. The van der Waals surface area contributed by atoms with Gasteiger partial charge < -0.3 is 9.47 Å². The Labute approximate surface area is 266 Å². The molecule has 0 atom stereocenters. The van der Waals surface area contributed by atoms with E-state index in [4.69, 9.17) is 19.0 Å². The van der Waals surface area contributed by atoms with E-state index in [-0.39, 0.29) is 19.4 Å². The molecule has 0 bridgehead atoms. The number of benzene rings is 3. The van der Waals surface area contributed by atoms with Crippen molar-refractivity contribution >= 4 is 16.3 Å². The van der Waals surface area contributed by atoms with E-state index >= 15 is 0 Å². The monoisotopic (exact) mass is 634 g/mol. The highest BCUT2D eigenvalue weighted by atomic mass is 32.2. The van der Waals surface area contributed by atoms with E-state index < -0.39 is 16.3 Å². The lowest BCUT2D eigenvalue weighted by atomic mass is 9.96. The maximum absolute atomic E-state index is 11.9. The van der Waals surface area contributed by atoms with Crippen LogP contribution in [0.15, 0.2) is 84.9 Å². The van der Waals surface area contributed by atoms with Crippen LogP contribution in [0.4, 0.5) is 4.79 Å². The summed E-state index contributed by atoms with van der Waals surface area (Å²) in [6.45, 7) is 10.8. The van der Waals surface area contributed by atoms with Crippen LogP contribution in [0.25, 0.3) is 11.4 Å². The van der Waals surface area contributed by atoms with E-state index in [1.54, 1.807) is 6.92 Å². The first-order chi connectivity index (χ1) is 21.5. The lowest BCUT2D eigenvalue weighted by molar-refractivity contribution is 0.0369. The second kappa shape index (κ2) is 15.8. The highest BCUT2D eigenvalue weighted by Gasteiger charge is 2.27. The van der Waals surface area contributed by atoms with E-state index in [1.165, 1.54) is 16.7 Å². The Morgan fingerprint density at radius 3 is 1.91 bits per heavy atom. The third kappa shape index (κ3) is 9.98. The molecule has 0 aliphatic carbocycles. The second-order valence-electron chi connectivity index (χ2n) is 11.0. The molecule has 0 radical (unpaired) electrons. The van der Waals surface area contributed by atoms with Crippen molar-refractivity contribution in [1.29, 1.82) is 0 Å². The first kappa shape index (κ1) is 33.9. The molecule has 1 N–H and O–H groups in total. The van der Waals surface area contributed by atoms with Gasteiger partial charge in [-0.05, 0) is 31.9 Å². The average Bonchev–Trinajstić information content (AvgIpc) is 3.32. The van der Waals surface area contributed by atoms with Crippen molar-refractivity contribution in [3.05, 3.63) is 113 Å². The first-order valence-corrected chi connectivity index (χ1v) is 16.8. The summed E-state index contributed by atoms with van der Waals surface area (Å²) in [7, 11) is -3.67. The third-order valence-electron chi connectivity index (χ3n) is 7.58. The van der Waals surface area contributed by atoms with Gasteiger partial charge in [0.05, 0.1) is 24.6 Å². The number of ether oxygens (including phenoxy) is 2. The molecule has 11 heteroatoms. The zero-order chi connectivity index (χ0) is 32.4. The smallest absolute Gasteiger partial charge is 0.435 e.